The van der Waals surface area contributed by atoms with Crippen LogP contribution in [-0.4, -0.2) is 18.2 Å². The molecule has 0 N–H and O–H groups in total. The van der Waals surface area contributed by atoms with Crippen molar-refractivity contribution in [3.8, 4) is 11.5 Å². The quantitative estimate of drug-likeness (QED) is 0.795. The maximum absolute atomic E-state index is 5.55. The minimum atomic E-state index is 0.611. The number of rotatable bonds is 3. The van der Waals surface area contributed by atoms with Crippen LogP contribution < -0.4 is 9.47 Å². The fraction of sp³-hybridized carbons (Fsp3) is 0.118. The highest BCUT2D eigenvalue weighted by molar-refractivity contribution is 5.59. The van der Waals surface area contributed by atoms with Crippen molar-refractivity contribution in [3.05, 3.63) is 66.0 Å². The third-order valence-corrected chi connectivity index (χ3v) is 2.92. The second kappa shape index (κ2) is 6.06. The molecule has 100 valence electrons. The van der Waals surface area contributed by atoms with E-state index in [0.29, 0.717) is 13.2 Å². The average molecular weight is 265 g/mol. The van der Waals surface area contributed by atoms with Crippen LogP contribution in [0.15, 0.2) is 54.7 Å². The van der Waals surface area contributed by atoms with Crippen molar-refractivity contribution in [3.63, 3.8) is 0 Å². The molecule has 3 nitrogen and oxygen atoms in total. The van der Waals surface area contributed by atoms with E-state index in [2.05, 4.69) is 4.98 Å². The first-order chi connectivity index (χ1) is 9.92. The van der Waals surface area contributed by atoms with Crippen molar-refractivity contribution < 1.29 is 9.47 Å². The lowest BCUT2D eigenvalue weighted by atomic mass is 10.2. The van der Waals surface area contributed by atoms with Gasteiger partial charge in [-0.05, 0) is 35.9 Å². The van der Waals surface area contributed by atoms with Gasteiger partial charge in [0.25, 0.3) is 0 Å². The molecule has 3 heteroatoms. The molecular weight excluding hydrogens is 250 g/mol. The summed E-state index contributed by atoms with van der Waals surface area (Å²) >= 11 is 0. The summed E-state index contributed by atoms with van der Waals surface area (Å²) in [5.41, 5.74) is 2.03. The molecule has 3 rings (SSSR count). The number of benzene rings is 1. The van der Waals surface area contributed by atoms with Crippen molar-refractivity contribution >= 4 is 12.2 Å². The van der Waals surface area contributed by atoms with Gasteiger partial charge in [-0.15, -0.1) is 0 Å². The minimum Gasteiger partial charge on any atom is -0.486 e. The second-order valence-corrected chi connectivity index (χ2v) is 4.38. The number of hydrogen-bond acceptors (Lipinski definition) is 3. The second-order valence-electron chi connectivity index (χ2n) is 4.38. The van der Waals surface area contributed by atoms with Gasteiger partial charge < -0.3 is 9.47 Å². The maximum Gasteiger partial charge on any atom is 0.161 e. The molecule has 1 aliphatic heterocycles. The van der Waals surface area contributed by atoms with Gasteiger partial charge in [-0.2, -0.15) is 0 Å². The highest BCUT2D eigenvalue weighted by Gasteiger charge is 2.10. The summed E-state index contributed by atoms with van der Waals surface area (Å²) < 4.78 is 11.0. The standard InChI is InChI=1S/C17H15NO2/c1(2-6-15-7-3-4-10-18-15)5-14-8-9-16-17(13-14)20-12-11-19-16/h1-10,13H,11-12H2/b5-1+,6-2+. The van der Waals surface area contributed by atoms with Gasteiger partial charge in [0.05, 0.1) is 5.69 Å². The van der Waals surface area contributed by atoms with Crippen LogP contribution in [0, 0.1) is 0 Å². The van der Waals surface area contributed by atoms with Crippen molar-refractivity contribution in [2.75, 3.05) is 13.2 Å². The van der Waals surface area contributed by atoms with Gasteiger partial charge in [0, 0.05) is 6.20 Å². The number of nitrogens with zero attached hydrogens (tertiary/aromatic N) is 1. The normalized spacial score (nSPS) is 14.0. The summed E-state index contributed by atoms with van der Waals surface area (Å²) in [4.78, 5) is 4.22. The smallest absolute Gasteiger partial charge is 0.161 e. The van der Waals surface area contributed by atoms with Crippen LogP contribution in [0.3, 0.4) is 0 Å². The summed E-state index contributed by atoms with van der Waals surface area (Å²) in [6, 6.07) is 11.8. The van der Waals surface area contributed by atoms with E-state index < -0.39 is 0 Å². The molecule has 0 bridgehead atoms. The first-order valence-corrected chi connectivity index (χ1v) is 6.57. The molecule has 20 heavy (non-hydrogen) atoms. The molecule has 0 spiro atoms. The van der Waals surface area contributed by atoms with Crippen LogP contribution in [0.1, 0.15) is 11.3 Å². The summed E-state index contributed by atoms with van der Waals surface area (Å²) in [5.74, 6) is 1.63. The predicted molar refractivity (Wildman–Crippen MR) is 79.7 cm³/mol. The van der Waals surface area contributed by atoms with Crippen LogP contribution >= 0.6 is 0 Å². The molecule has 0 fully saturated rings. The summed E-state index contributed by atoms with van der Waals surface area (Å²) in [5, 5.41) is 0. The Balaban J connectivity index is 1.68. The number of ether oxygens (including phenoxy) is 2. The van der Waals surface area contributed by atoms with Crippen LogP contribution in [0.25, 0.3) is 12.2 Å². The fourth-order valence-electron chi connectivity index (χ4n) is 1.96. The Hall–Kier alpha value is -2.55. The first-order valence-electron chi connectivity index (χ1n) is 6.57. The lowest BCUT2D eigenvalue weighted by molar-refractivity contribution is 0.171. The average Bonchev–Trinajstić information content (AvgIpc) is 2.52. The molecular formula is C17H15NO2. The largest absolute Gasteiger partial charge is 0.486 e. The van der Waals surface area contributed by atoms with Gasteiger partial charge in [-0.25, -0.2) is 0 Å². The molecule has 0 unspecified atom stereocenters. The molecule has 1 aromatic heterocycles. The summed E-state index contributed by atoms with van der Waals surface area (Å²) in [7, 11) is 0. The molecule has 1 aromatic carbocycles. The van der Waals surface area contributed by atoms with Gasteiger partial charge in [-0.1, -0.05) is 30.4 Å². The zero-order chi connectivity index (χ0) is 13.6. The molecule has 0 amide bonds. The topological polar surface area (TPSA) is 31.4 Å². The van der Waals surface area contributed by atoms with E-state index in [9.17, 15) is 0 Å². The summed E-state index contributed by atoms with van der Waals surface area (Å²) in [6.07, 6.45) is 9.73. The highest BCUT2D eigenvalue weighted by atomic mass is 16.6. The van der Waals surface area contributed by atoms with Gasteiger partial charge >= 0.3 is 0 Å². The molecule has 0 radical (unpaired) electrons. The number of allylic oxidation sites excluding steroid dienone is 2. The van der Waals surface area contributed by atoms with Crippen molar-refractivity contribution in [1.29, 1.82) is 0 Å². The van der Waals surface area contributed by atoms with Crippen LogP contribution in [0.2, 0.25) is 0 Å². The minimum absolute atomic E-state index is 0.611. The third-order valence-electron chi connectivity index (χ3n) is 2.92. The van der Waals surface area contributed by atoms with E-state index in [1.54, 1.807) is 6.20 Å². The Morgan fingerprint density at radius 3 is 2.60 bits per heavy atom. The molecule has 0 saturated carbocycles. The van der Waals surface area contributed by atoms with Crippen LogP contribution in [0.4, 0.5) is 0 Å². The van der Waals surface area contributed by atoms with E-state index in [1.807, 2.05) is 60.7 Å². The lowest BCUT2D eigenvalue weighted by Gasteiger charge is -2.18. The highest BCUT2D eigenvalue weighted by Crippen LogP contribution is 2.31. The van der Waals surface area contributed by atoms with Crippen molar-refractivity contribution in [2.45, 2.75) is 0 Å². The number of pyridine rings is 1. The Bertz CT molecular complexity index is 633. The first kappa shape index (κ1) is 12.5. The van der Waals surface area contributed by atoms with Gasteiger partial charge in [-0.3, -0.25) is 4.98 Å². The zero-order valence-corrected chi connectivity index (χ0v) is 11.0. The van der Waals surface area contributed by atoms with E-state index in [4.69, 9.17) is 9.47 Å². The van der Waals surface area contributed by atoms with Crippen molar-refractivity contribution in [1.82, 2.24) is 4.98 Å². The Labute approximate surface area is 118 Å². The van der Waals surface area contributed by atoms with Gasteiger partial charge in [0.2, 0.25) is 0 Å². The Morgan fingerprint density at radius 2 is 1.75 bits per heavy atom. The molecule has 0 saturated heterocycles. The number of aromatic nitrogens is 1. The van der Waals surface area contributed by atoms with Gasteiger partial charge in [0.15, 0.2) is 11.5 Å². The van der Waals surface area contributed by atoms with E-state index in [1.165, 1.54) is 0 Å². The van der Waals surface area contributed by atoms with Crippen LogP contribution in [0.5, 0.6) is 11.5 Å². The number of fused-ring (bicyclic) bond motifs is 1. The molecule has 0 aliphatic carbocycles. The zero-order valence-electron chi connectivity index (χ0n) is 11.0. The number of hydrogen-bond donors (Lipinski definition) is 0. The predicted octanol–water partition coefficient (Wildman–Crippen LogP) is 3.58. The fourth-order valence-corrected chi connectivity index (χ4v) is 1.96. The monoisotopic (exact) mass is 265 g/mol. The van der Waals surface area contributed by atoms with Crippen LogP contribution in [-0.2, 0) is 0 Å². The molecule has 2 aromatic rings. The summed E-state index contributed by atoms with van der Waals surface area (Å²) in [6.45, 7) is 1.23. The molecule has 2 heterocycles. The van der Waals surface area contributed by atoms with Gasteiger partial charge in [0.1, 0.15) is 13.2 Å². The third kappa shape index (κ3) is 3.06. The molecule has 0 atom stereocenters. The SMILES string of the molecule is C(/C=C/c1ccccn1)=C\c1ccc2c(c1)OCCO2. The maximum atomic E-state index is 5.55. The van der Waals surface area contributed by atoms with E-state index >= 15 is 0 Å². The Morgan fingerprint density at radius 1 is 0.900 bits per heavy atom. The lowest BCUT2D eigenvalue weighted by Crippen LogP contribution is -2.15. The van der Waals surface area contributed by atoms with Crippen molar-refractivity contribution in [2.24, 2.45) is 0 Å². The molecule has 1 aliphatic rings. The van der Waals surface area contributed by atoms with E-state index in [-0.39, 0.29) is 0 Å². The Kier molecular flexibility index (Phi) is 3.78. The van der Waals surface area contributed by atoms with E-state index in [0.717, 1.165) is 22.8 Å².